The van der Waals surface area contributed by atoms with E-state index in [2.05, 4.69) is 5.32 Å². The van der Waals surface area contributed by atoms with Crippen molar-refractivity contribution >= 4 is 23.4 Å². The van der Waals surface area contributed by atoms with Gasteiger partial charge in [0.15, 0.2) is 0 Å². The van der Waals surface area contributed by atoms with Gasteiger partial charge in [-0.05, 0) is 50.2 Å². The fourth-order valence-electron chi connectivity index (χ4n) is 1.80. The van der Waals surface area contributed by atoms with Crippen LogP contribution in [0.3, 0.4) is 0 Å². The third kappa shape index (κ3) is 4.83. The van der Waals surface area contributed by atoms with Crippen LogP contribution in [0.1, 0.15) is 13.8 Å². The molecule has 110 valence electrons. The maximum absolute atomic E-state index is 12.2. The molecule has 0 saturated heterocycles. The lowest BCUT2D eigenvalue weighted by Gasteiger charge is -2.12. The van der Waals surface area contributed by atoms with Crippen LogP contribution >= 0.6 is 11.8 Å². The predicted molar refractivity (Wildman–Crippen MR) is 88.0 cm³/mol. The summed E-state index contributed by atoms with van der Waals surface area (Å²) in [6.07, 6.45) is 0. The summed E-state index contributed by atoms with van der Waals surface area (Å²) in [5.74, 6) is 0.801. The lowest BCUT2D eigenvalue weighted by Crippen LogP contribution is -2.22. The summed E-state index contributed by atoms with van der Waals surface area (Å²) >= 11 is 1.55. The predicted octanol–water partition coefficient (Wildman–Crippen LogP) is 4.20. The summed E-state index contributed by atoms with van der Waals surface area (Å²) in [5.41, 5.74) is 0.781. The average Bonchev–Trinajstić information content (AvgIpc) is 2.50. The molecule has 0 bridgehead atoms. The van der Waals surface area contributed by atoms with Crippen molar-refractivity contribution in [2.75, 3.05) is 11.9 Å². The Labute approximate surface area is 129 Å². The van der Waals surface area contributed by atoms with E-state index in [-0.39, 0.29) is 11.2 Å². The molecule has 1 N–H and O–H groups in total. The molecule has 2 aromatic rings. The quantitative estimate of drug-likeness (QED) is 0.812. The second-order valence-electron chi connectivity index (χ2n) is 4.52. The Hall–Kier alpha value is -1.94. The van der Waals surface area contributed by atoms with Gasteiger partial charge >= 0.3 is 0 Å². The number of anilines is 1. The second kappa shape index (κ2) is 7.74. The zero-order valence-corrected chi connectivity index (χ0v) is 13.0. The van der Waals surface area contributed by atoms with Gasteiger partial charge in [0.25, 0.3) is 0 Å². The Morgan fingerprint density at radius 2 is 1.81 bits per heavy atom. The van der Waals surface area contributed by atoms with Crippen LogP contribution in [0.25, 0.3) is 0 Å². The van der Waals surface area contributed by atoms with Gasteiger partial charge in [0.1, 0.15) is 5.75 Å². The molecule has 1 amide bonds. The van der Waals surface area contributed by atoms with E-state index in [0.717, 1.165) is 16.3 Å². The van der Waals surface area contributed by atoms with E-state index in [0.29, 0.717) is 6.61 Å². The molecule has 21 heavy (non-hydrogen) atoms. The molecular formula is C17H19NO2S. The molecule has 0 radical (unpaired) electrons. The molecule has 0 saturated carbocycles. The van der Waals surface area contributed by atoms with Crippen LogP contribution in [0, 0.1) is 0 Å². The highest BCUT2D eigenvalue weighted by Gasteiger charge is 2.14. The SMILES string of the molecule is CCOc1ccc(NC(=O)C(C)Sc2ccccc2)cc1. The number of rotatable bonds is 6. The lowest BCUT2D eigenvalue weighted by atomic mass is 10.3. The van der Waals surface area contributed by atoms with E-state index in [9.17, 15) is 4.79 Å². The molecule has 0 fully saturated rings. The Bertz CT molecular complexity index is 569. The molecule has 1 atom stereocenters. The molecule has 1 unspecified atom stereocenters. The molecule has 2 aromatic carbocycles. The summed E-state index contributed by atoms with van der Waals surface area (Å²) in [5, 5.41) is 2.76. The van der Waals surface area contributed by atoms with Crippen LogP contribution < -0.4 is 10.1 Å². The van der Waals surface area contributed by atoms with Crippen LogP contribution in [-0.2, 0) is 4.79 Å². The van der Waals surface area contributed by atoms with Crippen molar-refractivity contribution in [3.63, 3.8) is 0 Å². The number of ether oxygens (including phenoxy) is 1. The number of amides is 1. The number of carbonyl (C=O) groups is 1. The zero-order chi connectivity index (χ0) is 15.1. The van der Waals surface area contributed by atoms with Crippen molar-refractivity contribution in [1.82, 2.24) is 0 Å². The summed E-state index contributed by atoms with van der Waals surface area (Å²) in [6, 6.07) is 17.3. The summed E-state index contributed by atoms with van der Waals surface area (Å²) in [6.45, 7) is 4.48. The maximum Gasteiger partial charge on any atom is 0.237 e. The van der Waals surface area contributed by atoms with Gasteiger partial charge in [0, 0.05) is 10.6 Å². The molecule has 0 spiro atoms. The van der Waals surface area contributed by atoms with Crippen LogP contribution in [-0.4, -0.2) is 17.8 Å². The minimum atomic E-state index is -0.154. The molecule has 2 rings (SSSR count). The first-order chi connectivity index (χ1) is 10.2. The van der Waals surface area contributed by atoms with E-state index < -0.39 is 0 Å². The number of nitrogens with one attached hydrogen (secondary N) is 1. The van der Waals surface area contributed by atoms with Gasteiger partial charge in [-0.25, -0.2) is 0 Å². The van der Waals surface area contributed by atoms with Crippen LogP contribution in [0.15, 0.2) is 59.5 Å². The Balaban J connectivity index is 1.91. The standard InChI is InChI=1S/C17H19NO2S/c1-3-20-15-11-9-14(10-12-15)18-17(19)13(2)21-16-7-5-4-6-8-16/h4-13H,3H2,1-2H3,(H,18,19). The van der Waals surface area contributed by atoms with E-state index in [4.69, 9.17) is 4.74 Å². The van der Waals surface area contributed by atoms with Gasteiger partial charge < -0.3 is 10.1 Å². The summed E-state index contributed by atoms with van der Waals surface area (Å²) in [7, 11) is 0. The lowest BCUT2D eigenvalue weighted by molar-refractivity contribution is -0.115. The van der Waals surface area contributed by atoms with Crippen LogP contribution in [0.4, 0.5) is 5.69 Å². The largest absolute Gasteiger partial charge is 0.494 e. The Morgan fingerprint density at radius 1 is 1.14 bits per heavy atom. The fourth-order valence-corrected chi connectivity index (χ4v) is 2.69. The van der Waals surface area contributed by atoms with Gasteiger partial charge in [-0.1, -0.05) is 18.2 Å². The van der Waals surface area contributed by atoms with E-state index >= 15 is 0 Å². The highest BCUT2D eigenvalue weighted by atomic mass is 32.2. The van der Waals surface area contributed by atoms with Crippen molar-refractivity contribution < 1.29 is 9.53 Å². The van der Waals surface area contributed by atoms with E-state index in [1.165, 1.54) is 0 Å². The highest BCUT2D eigenvalue weighted by molar-refractivity contribution is 8.00. The maximum atomic E-state index is 12.2. The van der Waals surface area contributed by atoms with Crippen LogP contribution in [0.2, 0.25) is 0 Å². The number of benzene rings is 2. The van der Waals surface area contributed by atoms with Crippen molar-refractivity contribution in [2.45, 2.75) is 24.0 Å². The van der Waals surface area contributed by atoms with Crippen molar-refractivity contribution in [2.24, 2.45) is 0 Å². The Kier molecular flexibility index (Phi) is 5.69. The molecule has 4 heteroatoms. The number of thioether (sulfide) groups is 1. The number of hydrogen-bond donors (Lipinski definition) is 1. The minimum absolute atomic E-state index is 0.00647. The molecule has 0 aliphatic heterocycles. The smallest absolute Gasteiger partial charge is 0.237 e. The molecular weight excluding hydrogens is 282 g/mol. The fraction of sp³-hybridized carbons (Fsp3) is 0.235. The summed E-state index contributed by atoms with van der Waals surface area (Å²) < 4.78 is 5.38. The first kappa shape index (κ1) is 15.4. The van der Waals surface area contributed by atoms with Gasteiger partial charge in [-0.3, -0.25) is 4.79 Å². The zero-order valence-electron chi connectivity index (χ0n) is 12.2. The van der Waals surface area contributed by atoms with Crippen molar-refractivity contribution in [3.8, 4) is 5.75 Å². The molecule has 0 aromatic heterocycles. The van der Waals surface area contributed by atoms with Gasteiger partial charge in [0.05, 0.1) is 11.9 Å². The molecule has 0 aliphatic carbocycles. The van der Waals surface area contributed by atoms with Gasteiger partial charge in [-0.15, -0.1) is 11.8 Å². The molecule has 3 nitrogen and oxygen atoms in total. The molecule has 0 aliphatic rings. The van der Waals surface area contributed by atoms with Gasteiger partial charge in [0.2, 0.25) is 5.91 Å². The third-order valence-electron chi connectivity index (χ3n) is 2.86. The minimum Gasteiger partial charge on any atom is -0.494 e. The van der Waals surface area contributed by atoms with Crippen LogP contribution in [0.5, 0.6) is 5.75 Å². The third-order valence-corrected chi connectivity index (χ3v) is 3.97. The van der Waals surface area contributed by atoms with Crippen molar-refractivity contribution in [3.05, 3.63) is 54.6 Å². The monoisotopic (exact) mass is 301 g/mol. The van der Waals surface area contributed by atoms with E-state index in [1.807, 2.05) is 68.4 Å². The highest BCUT2D eigenvalue weighted by Crippen LogP contribution is 2.24. The van der Waals surface area contributed by atoms with Gasteiger partial charge in [-0.2, -0.15) is 0 Å². The number of hydrogen-bond acceptors (Lipinski definition) is 3. The first-order valence-electron chi connectivity index (χ1n) is 6.94. The van der Waals surface area contributed by atoms with Crippen molar-refractivity contribution in [1.29, 1.82) is 0 Å². The number of carbonyl (C=O) groups excluding carboxylic acids is 1. The molecule has 0 heterocycles. The summed E-state index contributed by atoms with van der Waals surface area (Å²) in [4.78, 5) is 13.3. The normalized spacial score (nSPS) is 11.7. The average molecular weight is 301 g/mol. The second-order valence-corrected chi connectivity index (χ2v) is 5.93. The van der Waals surface area contributed by atoms with E-state index in [1.54, 1.807) is 11.8 Å². The topological polar surface area (TPSA) is 38.3 Å². The Morgan fingerprint density at radius 3 is 2.43 bits per heavy atom. The first-order valence-corrected chi connectivity index (χ1v) is 7.82.